The van der Waals surface area contributed by atoms with Crippen LogP contribution in [-0.4, -0.2) is 36.6 Å². The van der Waals surface area contributed by atoms with E-state index in [-0.39, 0.29) is 17.9 Å². The van der Waals surface area contributed by atoms with Crippen molar-refractivity contribution in [1.29, 1.82) is 0 Å². The molecule has 1 amide bonds. The zero-order valence-electron chi connectivity index (χ0n) is 12.9. The first-order valence-electron chi connectivity index (χ1n) is 7.62. The van der Waals surface area contributed by atoms with Gasteiger partial charge in [0.1, 0.15) is 0 Å². The van der Waals surface area contributed by atoms with E-state index in [1.165, 1.54) is 0 Å². The SMILES string of the molecule is CCCC1(C(=O)NCC(C)(CC)C(=O)O)CCCNC1. The van der Waals surface area contributed by atoms with E-state index in [0.29, 0.717) is 13.0 Å². The van der Waals surface area contributed by atoms with Crippen LogP contribution in [-0.2, 0) is 9.59 Å². The summed E-state index contributed by atoms with van der Waals surface area (Å²) in [4.78, 5) is 23.8. The number of hydrogen-bond donors (Lipinski definition) is 3. The van der Waals surface area contributed by atoms with Crippen LogP contribution in [0.15, 0.2) is 0 Å². The van der Waals surface area contributed by atoms with Crippen LogP contribution in [0.25, 0.3) is 0 Å². The van der Waals surface area contributed by atoms with Gasteiger partial charge in [0.2, 0.25) is 5.91 Å². The van der Waals surface area contributed by atoms with E-state index in [0.717, 1.165) is 32.2 Å². The van der Waals surface area contributed by atoms with Gasteiger partial charge in [0.15, 0.2) is 0 Å². The van der Waals surface area contributed by atoms with Crippen molar-refractivity contribution in [2.75, 3.05) is 19.6 Å². The van der Waals surface area contributed by atoms with Gasteiger partial charge in [-0.2, -0.15) is 0 Å². The van der Waals surface area contributed by atoms with Gasteiger partial charge in [-0.25, -0.2) is 0 Å². The van der Waals surface area contributed by atoms with Crippen molar-refractivity contribution in [2.24, 2.45) is 10.8 Å². The van der Waals surface area contributed by atoms with Crippen LogP contribution in [0.4, 0.5) is 0 Å². The Morgan fingerprint density at radius 3 is 2.55 bits per heavy atom. The van der Waals surface area contributed by atoms with E-state index >= 15 is 0 Å². The maximum atomic E-state index is 12.6. The van der Waals surface area contributed by atoms with E-state index in [1.54, 1.807) is 6.92 Å². The second kappa shape index (κ2) is 7.07. The average Bonchev–Trinajstić information content (AvgIpc) is 2.45. The molecule has 5 nitrogen and oxygen atoms in total. The Hall–Kier alpha value is -1.10. The summed E-state index contributed by atoms with van der Waals surface area (Å²) in [6.07, 6.45) is 4.19. The van der Waals surface area contributed by atoms with Crippen molar-refractivity contribution < 1.29 is 14.7 Å². The van der Waals surface area contributed by atoms with Crippen LogP contribution in [0, 0.1) is 10.8 Å². The fourth-order valence-corrected chi connectivity index (χ4v) is 2.78. The minimum absolute atomic E-state index is 0.00692. The molecule has 0 spiro atoms. The molecule has 0 aliphatic carbocycles. The monoisotopic (exact) mass is 284 g/mol. The summed E-state index contributed by atoms with van der Waals surface area (Å²) in [6, 6.07) is 0. The summed E-state index contributed by atoms with van der Waals surface area (Å²) < 4.78 is 0. The van der Waals surface area contributed by atoms with Gasteiger partial charge >= 0.3 is 5.97 Å². The van der Waals surface area contributed by atoms with Gasteiger partial charge in [-0.05, 0) is 39.2 Å². The van der Waals surface area contributed by atoms with Crippen LogP contribution in [0.5, 0.6) is 0 Å². The normalized spacial score (nSPS) is 25.8. The zero-order chi connectivity index (χ0) is 15.2. The molecule has 0 aromatic rings. The number of aliphatic carboxylic acids is 1. The zero-order valence-corrected chi connectivity index (χ0v) is 12.9. The highest BCUT2D eigenvalue weighted by Gasteiger charge is 2.40. The number of nitrogens with one attached hydrogen (secondary N) is 2. The molecule has 20 heavy (non-hydrogen) atoms. The van der Waals surface area contributed by atoms with Crippen LogP contribution in [0.3, 0.4) is 0 Å². The molecule has 116 valence electrons. The van der Waals surface area contributed by atoms with Gasteiger partial charge in [0, 0.05) is 13.1 Å². The molecule has 2 atom stereocenters. The highest BCUT2D eigenvalue weighted by molar-refractivity contribution is 5.84. The molecule has 1 aliphatic rings. The number of hydrogen-bond acceptors (Lipinski definition) is 3. The van der Waals surface area contributed by atoms with E-state index in [9.17, 15) is 14.7 Å². The summed E-state index contributed by atoms with van der Waals surface area (Å²) in [5.41, 5.74) is -1.24. The minimum atomic E-state index is -0.884. The Bertz CT molecular complexity index is 346. The van der Waals surface area contributed by atoms with Crippen molar-refractivity contribution in [2.45, 2.75) is 52.9 Å². The number of rotatable bonds is 7. The molecule has 0 aromatic heterocycles. The van der Waals surface area contributed by atoms with E-state index < -0.39 is 11.4 Å². The van der Waals surface area contributed by atoms with Gasteiger partial charge in [0.05, 0.1) is 10.8 Å². The highest BCUT2D eigenvalue weighted by Crippen LogP contribution is 2.32. The van der Waals surface area contributed by atoms with Gasteiger partial charge < -0.3 is 15.7 Å². The first kappa shape index (κ1) is 17.0. The summed E-state index contributed by atoms with van der Waals surface area (Å²) in [7, 11) is 0. The van der Waals surface area contributed by atoms with Crippen molar-refractivity contribution in [3.63, 3.8) is 0 Å². The van der Waals surface area contributed by atoms with Crippen LogP contribution in [0.1, 0.15) is 52.9 Å². The fourth-order valence-electron chi connectivity index (χ4n) is 2.78. The van der Waals surface area contributed by atoms with Gasteiger partial charge in [-0.15, -0.1) is 0 Å². The fraction of sp³-hybridized carbons (Fsp3) is 0.867. The lowest BCUT2D eigenvalue weighted by molar-refractivity contribution is -0.148. The number of carbonyl (C=O) groups is 2. The Morgan fingerprint density at radius 1 is 1.40 bits per heavy atom. The predicted octanol–water partition coefficient (Wildman–Crippen LogP) is 1.77. The van der Waals surface area contributed by atoms with E-state index in [1.807, 2.05) is 6.92 Å². The molecule has 3 N–H and O–H groups in total. The van der Waals surface area contributed by atoms with Gasteiger partial charge in [-0.3, -0.25) is 9.59 Å². The maximum Gasteiger partial charge on any atom is 0.311 e. The molecule has 1 fully saturated rings. The molecule has 1 aliphatic heterocycles. The Balaban J connectivity index is 2.69. The number of piperidine rings is 1. The number of carboxylic acids is 1. The molecule has 5 heteroatoms. The molecule has 0 radical (unpaired) electrons. The summed E-state index contributed by atoms with van der Waals surface area (Å²) in [6.45, 7) is 7.45. The predicted molar refractivity (Wildman–Crippen MR) is 78.5 cm³/mol. The minimum Gasteiger partial charge on any atom is -0.481 e. The molecule has 0 saturated carbocycles. The Kier molecular flexibility index (Phi) is 5.99. The number of carbonyl (C=O) groups excluding carboxylic acids is 1. The smallest absolute Gasteiger partial charge is 0.311 e. The van der Waals surface area contributed by atoms with Gasteiger partial charge in [0.25, 0.3) is 0 Å². The molecule has 1 rings (SSSR count). The summed E-state index contributed by atoms with van der Waals surface area (Å²) in [5, 5.41) is 15.4. The van der Waals surface area contributed by atoms with E-state index in [4.69, 9.17) is 0 Å². The molecule has 0 bridgehead atoms. The molecular formula is C15H28N2O3. The summed E-state index contributed by atoms with van der Waals surface area (Å²) >= 11 is 0. The lowest BCUT2D eigenvalue weighted by atomic mass is 9.75. The number of amides is 1. The maximum absolute atomic E-state index is 12.6. The Labute approximate surface area is 121 Å². The lowest BCUT2D eigenvalue weighted by Gasteiger charge is -2.37. The topological polar surface area (TPSA) is 78.4 Å². The quantitative estimate of drug-likeness (QED) is 0.666. The molecule has 1 heterocycles. The summed E-state index contributed by atoms with van der Waals surface area (Å²) in [5.74, 6) is -0.848. The van der Waals surface area contributed by atoms with Crippen LogP contribution in [0.2, 0.25) is 0 Å². The first-order chi connectivity index (χ1) is 9.40. The number of carboxylic acid groups (broad SMARTS) is 1. The molecular weight excluding hydrogens is 256 g/mol. The van der Waals surface area contributed by atoms with Crippen molar-refractivity contribution in [1.82, 2.24) is 10.6 Å². The van der Waals surface area contributed by atoms with E-state index in [2.05, 4.69) is 17.6 Å². The van der Waals surface area contributed by atoms with Crippen LogP contribution >= 0.6 is 0 Å². The molecule has 0 aromatic carbocycles. The largest absolute Gasteiger partial charge is 0.481 e. The van der Waals surface area contributed by atoms with Crippen LogP contribution < -0.4 is 10.6 Å². The third-order valence-electron chi connectivity index (χ3n) is 4.62. The lowest BCUT2D eigenvalue weighted by Crippen LogP contribution is -2.52. The standard InChI is InChI=1S/C15H28N2O3/c1-4-7-15(8-6-9-16-11-15)12(18)17-10-14(3,5-2)13(19)20/h16H,4-11H2,1-3H3,(H,17,18)(H,19,20). The van der Waals surface area contributed by atoms with Crippen molar-refractivity contribution in [3.05, 3.63) is 0 Å². The Morgan fingerprint density at radius 2 is 2.10 bits per heavy atom. The molecule has 1 saturated heterocycles. The third-order valence-corrected chi connectivity index (χ3v) is 4.62. The molecule has 2 unspecified atom stereocenters. The second-order valence-corrected chi connectivity index (χ2v) is 6.21. The van der Waals surface area contributed by atoms with Crippen molar-refractivity contribution in [3.8, 4) is 0 Å². The average molecular weight is 284 g/mol. The first-order valence-corrected chi connectivity index (χ1v) is 7.62. The highest BCUT2D eigenvalue weighted by atomic mass is 16.4. The third kappa shape index (κ3) is 3.72. The van der Waals surface area contributed by atoms with Gasteiger partial charge in [-0.1, -0.05) is 20.3 Å². The second-order valence-electron chi connectivity index (χ2n) is 6.21. The van der Waals surface area contributed by atoms with Crippen molar-refractivity contribution >= 4 is 11.9 Å².